The SMILES string of the molecule is CCOC(=O)c1c(-c2ccccc2)csc1N[C@H](NC(=O)COc1ccc(F)cc1)C(Cl)(Cl)Cl. The molecule has 0 saturated heterocycles. The molecule has 0 radical (unpaired) electrons. The van der Waals surface area contributed by atoms with Crippen LogP contribution in [0.2, 0.25) is 0 Å². The van der Waals surface area contributed by atoms with Crippen molar-refractivity contribution in [3.8, 4) is 16.9 Å². The predicted octanol–water partition coefficient (Wildman–Crippen LogP) is 6.03. The Morgan fingerprint density at radius 3 is 2.38 bits per heavy atom. The fourth-order valence-corrected chi connectivity index (χ4v) is 4.23. The Morgan fingerprint density at radius 2 is 1.76 bits per heavy atom. The lowest BCUT2D eigenvalue weighted by Crippen LogP contribution is -2.50. The van der Waals surface area contributed by atoms with E-state index in [2.05, 4.69) is 10.6 Å². The van der Waals surface area contributed by atoms with Crippen molar-refractivity contribution in [2.45, 2.75) is 16.9 Å². The summed E-state index contributed by atoms with van der Waals surface area (Å²) in [4.78, 5) is 25.2. The van der Waals surface area contributed by atoms with Crippen LogP contribution in [-0.4, -0.2) is 35.0 Å². The Bertz CT molecular complexity index is 1120. The molecule has 3 aromatic rings. The van der Waals surface area contributed by atoms with Gasteiger partial charge in [-0.2, -0.15) is 0 Å². The molecule has 2 aromatic carbocycles. The fraction of sp³-hybridized carbons (Fsp3) is 0.217. The number of carbonyl (C=O) groups is 2. The van der Waals surface area contributed by atoms with Crippen molar-refractivity contribution in [3.63, 3.8) is 0 Å². The molecule has 1 amide bonds. The van der Waals surface area contributed by atoms with Crippen molar-refractivity contribution >= 4 is 63.0 Å². The highest BCUT2D eigenvalue weighted by molar-refractivity contribution is 7.15. The van der Waals surface area contributed by atoms with Gasteiger partial charge in [0.25, 0.3) is 5.91 Å². The molecule has 0 saturated carbocycles. The van der Waals surface area contributed by atoms with Crippen LogP contribution in [0.25, 0.3) is 11.1 Å². The van der Waals surface area contributed by atoms with Crippen molar-refractivity contribution < 1.29 is 23.5 Å². The van der Waals surface area contributed by atoms with Gasteiger partial charge in [0.1, 0.15) is 28.3 Å². The van der Waals surface area contributed by atoms with E-state index in [0.29, 0.717) is 16.3 Å². The molecule has 2 N–H and O–H groups in total. The van der Waals surface area contributed by atoms with Crippen LogP contribution in [0.15, 0.2) is 60.0 Å². The van der Waals surface area contributed by atoms with Crippen LogP contribution in [0.1, 0.15) is 17.3 Å². The molecular weight excluding hydrogens is 526 g/mol. The lowest BCUT2D eigenvalue weighted by molar-refractivity contribution is -0.123. The summed E-state index contributed by atoms with van der Waals surface area (Å²) < 4.78 is 21.6. The summed E-state index contributed by atoms with van der Waals surface area (Å²) >= 11 is 19.5. The summed E-state index contributed by atoms with van der Waals surface area (Å²) in [5, 5.41) is 7.61. The number of thiophene rings is 1. The van der Waals surface area contributed by atoms with Crippen molar-refractivity contribution in [3.05, 3.63) is 71.4 Å². The first-order valence-corrected chi connectivity index (χ1v) is 12.1. The number of hydrogen-bond acceptors (Lipinski definition) is 6. The van der Waals surface area contributed by atoms with Crippen LogP contribution in [0, 0.1) is 5.82 Å². The van der Waals surface area contributed by atoms with E-state index < -0.39 is 34.3 Å². The lowest BCUT2D eigenvalue weighted by atomic mass is 10.0. The number of hydrogen-bond donors (Lipinski definition) is 2. The highest BCUT2D eigenvalue weighted by Crippen LogP contribution is 2.39. The minimum atomic E-state index is -1.98. The van der Waals surface area contributed by atoms with Crippen LogP contribution >= 0.6 is 46.1 Å². The monoisotopic (exact) mass is 544 g/mol. The molecular formula is C23H20Cl3FN2O4S. The summed E-state index contributed by atoms with van der Waals surface area (Å²) in [5.74, 6) is -1.30. The second-order valence-corrected chi connectivity index (χ2v) is 10.1. The van der Waals surface area contributed by atoms with Gasteiger partial charge in [-0.15, -0.1) is 11.3 Å². The molecule has 3 rings (SSSR count). The molecule has 0 aliphatic heterocycles. The van der Waals surface area contributed by atoms with E-state index in [1.54, 1.807) is 12.3 Å². The first kappa shape index (κ1) is 26.1. The average Bonchev–Trinajstić information content (AvgIpc) is 3.22. The van der Waals surface area contributed by atoms with E-state index in [0.717, 1.165) is 5.56 Å². The van der Waals surface area contributed by atoms with Crippen molar-refractivity contribution in [1.29, 1.82) is 0 Å². The van der Waals surface area contributed by atoms with Gasteiger partial charge in [0.15, 0.2) is 6.61 Å². The number of rotatable bonds is 9. The molecule has 1 atom stereocenters. The predicted molar refractivity (Wildman–Crippen MR) is 133 cm³/mol. The van der Waals surface area contributed by atoms with E-state index in [4.69, 9.17) is 44.3 Å². The van der Waals surface area contributed by atoms with Gasteiger partial charge >= 0.3 is 5.97 Å². The molecule has 0 aliphatic rings. The maximum atomic E-state index is 13.0. The maximum Gasteiger partial charge on any atom is 0.341 e. The summed E-state index contributed by atoms with van der Waals surface area (Å²) in [5.41, 5.74) is 1.70. The van der Waals surface area contributed by atoms with Crippen LogP contribution in [-0.2, 0) is 9.53 Å². The normalized spacial score (nSPS) is 12.0. The smallest absolute Gasteiger partial charge is 0.341 e. The maximum absolute atomic E-state index is 13.0. The quantitative estimate of drug-likeness (QED) is 0.195. The number of alkyl halides is 3. The zero-order chi connectivity index (χ0) is 24.7. The number of anilines is 1. The van der Waals surface area contributed by atoms with E-state index in [9.17, 15) is 14.0 Å². The Balaban J connectivity index is 1.80. The number of halogens is 4. The molecule has 34 heavy (non-hydrogen) atoms. The number of nitrogens with one attached hydrogen (secondary N) is 2. The Hall–Kier alpha value is -2.52. The highest BCUT2D eigenvalue weighted by atomic mass is 35.6. The van der Waals surface area contributed by atoms with Crippen molar-refractivity contribution in [1.82, 2.24) is 5.32 Å². The first-order chi connectivity index (χ1) is 16.2. The third-order valence-electron chi connectivity index (χ3n) is 4.45. The minimum Gasteiger partial charge on any atom is -0.484 e. The van der Waals surface area contributed by atoms with Crippen molar-refractivity contribution in [2.24, 2.45) is 0 Å². The first-order valence-electron chi connectivity index (χ1n) is 10.0. The van der Waals surface area contributed by atoms with Crippen LogP contribution in [0.4, 0.5) is 9.39 Å². The molecule has 1 aromatic heterocycles. The van der Waals surface area contributed by atoms with Crippen LogP contribution in [0.3, 0.4) is 0 Å². The molecule has 6 nitrogen and oxygen atoms in total. The van der Waals surface area contributed by atoms with E-state index in [1.165, 1.54) is 35.6 Å². The Labute approximate surface area is 214 Å². The van der Waals surface area contributed by atoms with E-state index in [1.807, 2.05) is 30.3 Å². The third-order valence-corrected chi connectivity index (χ3v) is 6.01. The largest absolute Gasteiger partial charge is 0.484 e. The highest BCUT2D eigenvalue weighted by Gasteiger charge is 2.36. The van der Waals surface area contributed by atoms with Crippen LogP contribution < -0.4 is 15.4 Å². The molecule has 0 unspecified atom stereocenters. The Kier molecular flexibility index (Phi) is 9.02. The molecule has 0 bridgehead atoms. The second-order valence-electron chi connectivity index (χ2n) is 6.87. The molecule has 1 heterocycles. The van der Waals surface area contributed by atoms with Gasteiger partial charge in [-0.1, -0.05) is 65.1 Å². The minimum absolute atomic E-state index is 0.174. The molecule has 0 spiro atoms. The second kappa shape index (κ2) is 11.8. The number of ether oxygens (including phenoxy) is 2. The van der Waals surface area contributed by atoms with Crippen LogP contribution in [0.5, 0.6) is 5.75 Å². The lowest BCUT2D eigenvalue weighted by Gasteiger charge is -2.27. The molecule has 0 aliphatic carbocycles. The summed E-state index contributed by atoms with van der Waals surface area (Å²) in [6.07, 6.45) is -1.21. The van der Waals surface area contributed by atoms with Gasteiger partial charge in [-0.3, -0.25) is 4.79 Å². The fourth-order valence-electron chi connectivity index (χ4n) is 2.91. The number of esters is 1. The molecule has 180 valence electrons. The zero-order valence-corrected chi connectivity index (χ0v) is 20.9. The molecule has 0 fully saturated rings. The zero-order valence-electron chi connectivity index (χ0n) is 17.8. The standard InChI is InChI=1S/C23H20Cl3FN2O4S/c1-2-32-21(31)19-17(14-6-4-3-5-7-14)13-34-20(19)29-22(23(24,25)26)28-18(30)12-33-16-10-8-15(27)9-11-16/h3-11,13,22,29H,2,12H2,1H3,(H,28,30)/t22-/m0/s1. The van der Waals surface area contributed by atoms with Gasteiger partial charge < -0.3 is 20.1 Å². The van der Waals surface area contributed by atoms with Gasteiger partial charge in [0.2, 0.25) is 3.79 Å². The third kappa shape index (κ3) is 6.99. The number of carbonyl (C=O) groups excluding carboxylic acids is 2. The van der Waals surface area contributed by atoms with Crippen molar-refractivity contribution in [2.75, 3.05) is 18.5 Å². The van der Waals surface area contributed by atoms with Gasteiger partial charge in [-0.25, -0.2) is 9.18 Å². The number of benzene rings is 2. The topological polar surface area (TPSA) is 76.7 Å². The van der Waals surface area contributed by atoms with E-state index in [-0.39, 0.29) is 12.2 Å². The Morgan fingerprint density at radius 1 is 1.09 bits per heavy atom. The van der Waals surface area contributed by atoms with Gasteiger partial charge in [0, 0.05) is 10.9 Å². The summed E-state index contributed by atoms with van der Waals surface area (Å²) in [6.45, 7) is 1.47. The number of amides is 1. The molecule has 11 heteroatoms. The van der Waals surface area contributed by atoms with E-state index >= 15 is 0 Å². The van der Waals surface area contributed by atoms with Gasteiger partial charge in [0.05, 0.1) is 6.61 Å². The summed E-state index contributed by atoms with van der Waals surface area (Å²) in [7, 11) is 0. The average molecular weight is 546 g/mol. The van der Waals surface area contributed by atoms with Gasteiger partial charge in [-0.05, 0) is 36.8 Å². The summed E-state index contributed by atoms with van der Waals surface area (Å²) in [6, 6.07) is 14.5.